The third-order valence-corrected chi connectivity index (χ3v) is 5.90. The maximum Gasteiger partial charge on any atom is 0.252 e. The summed E-state index contributed by atoms with van der Waals surface area (Å²) in [5.41, 5.74) is 4.03. The van der Waals surface area contributed by atoms with Gasteiger partial charge in [-0.1, -0.05) is 12.1 Å². The van der Waals surface area contributed by atoms with Crippen molar-refractivity contribution in [2.45, 2.75) is 52.7 Å². The fourth-order valence-electron chi connectivity index (χ4n) is 3.20. The van der Waals surface area contributed by atoms with E-state index in [0.717, 1.165) is 60.6 Å². The first-order valence-corrected chi connectivity index (χ1v) is 9.56. The van der Waals surface area contributed by atoms with Crippen LogP contribution in [0.4, 0.5) is 0 Å². The molecule has 3 rings (SSSR count). The highest BCUT2D eigenvalue weighted by atomic mass is 32.1. The number of nitrogens with zero attached hydrogens (tertiary/aromatic N) is 2. The molecule has 1 aliphatic rings. The molecule has 136 valence electrons. The first kappa shape index (κ1) is 18.1. The van der Waals surface area contributed by atoms with Crippen molar-refractivity contribution in [1.29, 1.82) is 0 Å². The fraction of sp³-hybridized carbons (Fsp3) is 0.556. The lowest BCUT2D eigenvalue weighted by Gasteiger charge is -2.27. The zero-order valence-corrected chi connectivity index (χ0v) is 15.8. The molecule has 2 N–H and O–H groups in total. The van der Waals surface area contributed by atoms with Crippen molar-refractivity contribution in [2.24, 2.45) is 0 Å². The molecule has 6 nitrogen and oxygen atoms in total. The number of nitrogens with one attached hydrogen (secondary N) is 1. The van der Waals surface area contributed by atoms with Crippen LogP contribution in [-0.2, 0) is 19.5 Å². The van der Waals surface area contributed by atoms with Crippen LogP contribution in [0.1, 0.15) is 51.2 Å². The van der Waals surface area contributed by atoms with E-state index in [0.29, 0.717) is 0 Å². The van der Waals surface area contributed by atoms with Crippen molar-refractivity contribution in [3.05, 3.63) is 38.4 Å². The molecule has 0 unspecified atom stereocenters. The van der Waals surface area contributed by atoms with Gasteiger partial charge in [-0.15, -0.1) is 11.3 Å². The minimum atomic E-state index is -0.178. The van der Waals surface area contributed by atoms with Gasteiger partial charge in [0.15, 0.2) is 0 Å². The summed E-state index contributed by atoms with van der Waals surface area (Å²) in [5, 5.41) is 18.2. The van der Waals surface area contributed by atoms with Gasteiger partial charge in [0.1, 0.15) is 5.76 Å². The number of aryl methyl sites for hydroxylation is 2. The van der Waals surface area contributed by atoms with E-state index >= 15 is 0 Å². The van der Waals surface area contributed by atoms with Crippen LogP contribution >= 0.6 is 11.3 Å². The Kier molecular flexibility index (Phi) is 5.56. The normalized spacial score (nSPS) is 15.8. The van der Waals surface area contributed by atoms with E-state index in [1.54, 1.807) is 11.3 Å². The van der Waals surface area contributed by atoms with Crippen LogP contribution in [0.2, 0.25) is 0 Å². The van der Waals surface area contributed by atoms with Crippen LogP contribution in [0.25, 0.3) is 0 Å². The zero-order chi connectivity index (χ0) is 18.0. The molecule has 1 amide bonds. The average molecular weight is 363 g/mol. The van der Waals surface area contributed by atoms with Gasteiger partial charge in [0.05, 0.1) is 23.9 Å². The van der Waals surface area contributed by atoms with Crippen LogP contribution in [-0.4, -0.2) is 40.3 Å². The Balaban J connectivity index is 1.69. The van der Waals surface area contributed by atoms with Crippen molar-refractivity contribution in [3.63, 3.8) is 0 Å². The Labute approximate surface area is 151 Å². The molecule has 3 heterocycles. The molecule has 25 heavy (non-hydrogen) atoms. The highest BCUT2D eigenvalue weighted by Crippen LogP contribution is 2.30. The van der Waals surface area contributed by atoms with Crippen molar-refractivity contribution < 1.29 is 14.4 Å². The standard InChI is InChI=1S/C18H25N3O3S/c1-4-13(9-22)19-18(23)16-10-25-17-8-21(6-5-14(16)17)7-15-11(2)20-24-12(15)3/h10,13,22H,4-9H2,1-3H3,(H,19,23)/t13-/m1/s1. The predicted molar refractivity (Wildman–Crippen MR) is 96.7 cm³/mol. The molecule has 0 fully saturated rings. The number of carbonyl (C=O) groups is 1. The second kappa shape index (κ2) is 7.68. The minimum absolute atomic E-state index is 0.0280. The molecule has 1 aliphatic heterocycles. The van der Waals surface area contributed by atoms with Gasteiger partial charge in [-0.25, -0.2) is 0 Å². The van der Waals surface area contributed by atoms with E-state index in [4.69, 9.17) is 4.52 Å². The van der Waals surface area contributed by atoms with Crippen LogP contribution in [0.15, 0.2) is 9.90 Å². The molecular formula is C18H25N3O3S. The molecule has 0 saturated carbocycles. The molecular weight excluding hydrogens is 338 g/mol. The Morgan fingerprint density at radius 2 is 2.32 bits per heavy atom. The Morgan fingerprint density at radius 3 is 2.96 bits per heavy atom. The lowest BCUT2D eigenvalue weighted by molar-refractivity contribution is 0.0913. The summed E-state index contributed by atoms with van der Waals surface area (Å²) in [6.07, 6.45) is 1.58. The number of fused-ring (bicyclic) bond motifs is 1. The maximum atomic E-state index is 12.5. The van der Waals surface area contributed by atoms with Gasteiger partial charge in [-0.3, -0.25) is 9.69 Å². The van der Waals surface area contributed by atoms with Gasteiger partial charge in [0.25, 0.3) is 5.91 Å². The summed E-state index contributed by atoms with van der Waals surface area (Å²) in [5.74, 6) is 0.807. The van der Waals surface area contributed by atoms with Crippen LogP contribution in [0.3, 0.4) is 0 Å². The van der Waals surface area contributed by atoms with Crippen LogP contribution in [0.5, 0.6) is 0 Å². The quantitative estimate of drug-likeness (QED) is 0.824. The van der Waals surface area contributed by atoms with Crippen molar-refractivity contribution in [3.8, 4) is 0 Å². The highest BCUT2D eigenvalue weighted by Gasteiger charge is 2.25. The monoisotopic (exact) mass is 363 g/mol. The summed E-state index contributed by atoms with van der Waals surface area (Å²) in [7, 11) is 0. The van der Waals surface area contributed by atoms with E-state index in [-0.39, 0.29) is 18.6 Å². The average Bonchev–Trinajstić information content (AvgIpc) is 3.17. The number of amides is 1. The molecule has 0 aromatic carbocycles. The third kappa shape index (κ3) is 3.78. The Bertz CT molecular complexity index is 729. The number of thiophene rings is 1. The number of hydrogen-bond donors (Lipinski definition) is 2. The summed E-state index contributed by atoms with van der Waals surface area (Å²) < 4.78 is 5.25. The summed E-state index contributed by atoms with van der Waals surface area (Å²) in [6.45, 7) is 8.42. The second-order valence-electron chi connectivity index (χ2n) is 6.58. The topological polar surface area (TPSA) is 78.6 Å². The largest absolute Gasteiger partial charge is 0.394 e. The molecule has 7 heteroatoms. The van der Waals surface area contributed by atoms with E-state index in [2.05, 4.69) is 15.4 Å². The summed E-state index contributed by atoms with van der Waals surface area (Å²) in [6, 6.07) is -0.178. The van der Waals surface area contributed by atoms with E-state index in [1.165, 1.54) is 4.88 Å². The maximum absolute atomic E-state index is 12.5. The fourth-order valence-corrected chi connectivity index (χ4v) is 4.32. The molecule has 0 bridgehead atoms. The smallest absolute Gasteiger partial charge is 0.252 e. The summed E-state index contributed by atoms with van der Waals surface area (Å²) in [4.78, 5) is 16.1. The zero-order valence-electron chi connectivity index (χ0n) is 15.0. The van der Waals surface area contributed by atoms with Gasteiger partial charge in [-0.05, 0) is 32.3 Å². The third-order valence-electron chi connectivity index (χ3n) is 4.88. The number of aromatic nitrogens is 1. The number of carbonyl (C=O) groups excluding carboxylic acids is 1. The lowest BCUT2D eigenvalue weighted by atomic mass is 10.0. The second-order valence-corrected chi connectivity index (χ2v) is 7.54. The number of aliphatic hydroxyl groups is 1. The van der Waals surface area contributed by atoms with Crippen LogP contribution in [0, 0.1) is 13.8 Å². The molecule has 0 radical (unpaired) electrons. The van der Waals surface area contributed by atoms with E-state index in [1.807, 2.05) is 26.2 Å². The Morgan fingerprint density at radius 1 is 1.52 bits per heavy atom. The molecule has 1 atom stereocenters. The highest BCUT2D eigenvalue weighted by molar-refractivity contribution is 7.10. The van der Waals surface area contributed by atoms with Gasteiger partial charge in [0, 0.05) is 35.5 Å². The van der Waals surface area contributed by atoms with E-state index in [9.17, 15) is 9.90 Å². The van der Waals surface area contributed by atoms with Crippen molar-refractivity contribution >= 4 is 17.2 Å². The molecule has 2 aromatic heterocycles. The lowest BCUT2D eigenvalue weighted by Crippen LogP contribution is -2.37. The molecule has 0 aliphatic carbocycles. The predicted octanol–water partition coefficient (Wildman–Crippen LogP) is 2.41. The first-order valence-electron chi connectivity index (χ1n) is 8.68. The van der Waals surface area contributed by atoms with Crippen LogP contribution < -0.4 is 5.32 Å². The van der Waals surface area contributed by atoms with Gasteiger partial charge >= 0.3 is 0 Å². The molecule has 0 saturated heterocycles. The number of rotatable bonds is 6. The SMILES string of the molecule is CC[C@H](CO)NC(=O)c1csc2c1CCN(Cc1c(C)noc1C)C2. The van der Waals surface area contributed by atoms with Crippen molar-refractivity contribution in [1.82, 2.24) is 15.4 Å². The summed E-state index contributed by atoms with van der Waals surface area (Å²) >= 11 is 1.64. The van der Waals surface area contributed by atoms with E-state index < -0.39 is 0 Å². The minimum Gasteiger partial charge on any atom is -0.394 e. The van der Waals surface area contributed by atoms with Crippen molar-refractivity contribution in [2.75, 3.05) is 13.2 Å². The van der Waals surface area contributed by atoms with Gasteiger partial charge < -0.3 is 14.9 Å². The number of aliphatic hydroxyl groups excluding tert-OH is 1. The first-order chi connectivity index (χ1) is 12.0. The van der Waals surface area contributed by atoms with Gasteiger partial charge in [-0.2, -0.15) is 0 Å². The molecule has 2 aromatic rings. The molecule has 0 spiro atoms. The van der Waals surface area contributed by atoms with Gasteiger partial charge in [0.2, 0.25) is 0 Å². The Hall–Kier alpha value is -1.70. The number of hydrogen-bond acceptors (Lipinski definition) is 6.